The summed E-state index contributed by atoms with van der Waals surface area (Å²) in [5.41, 5.74) is -0.445. The Bertz CT molecular complexity index is 230. The van der Waals surface area contributed by atoms with Crippen LogP contribution in [0, 0.1) is 5.92 Å². The molecule has 0 spiro atoms. The highest BCUT2D eigenvalue weighted by Crippen LogP contribution is 2.32. The summed E-state index contributed by atoms with van der Waals surface area (Å²) in [5, 5.41) is 10.6. The molecular formula is C14H27NO2. The summed E-state index contributed by atoms with van der Waals surface area (Å²) in [7, 11) is 2.11. The van der Waals surface area contributed by atoms with E-state index in [1.54, 1.807) is 0 Å². The van der Waals surface area contributed by atoms with E-state index >= 15 is 0 Å². The highest BCUT2D eigenvalue weighted by Gasteiger charge is 2.33. The van der Waals surface area contributed by atoms with Crippen molar-refractivity contribution >= 4 is 0 Å². The minimum Gasteiger partial charge on any atom is -0.389 e. The Morgan fingerprint density at radius 2 is 2.00 bits per heavy atom. The predicted molar refractivity (Wildman–Crippen MR) is 69.1 cm³/mol. The molecule has 1 N–H and O–H groups in total. The Morgan fingerprint density at radius 1 is 1.29 bits per heavy atom. The third kappa shape index (κ3) is 3.94. The van der Waals surface area contributed by atoms with Crippen LogP contribution in [0.3, 0.4) is 0 Å². The van der Waals surface area contributed by atoms with Gasteiger partial charge in [-0.2, -0.15) is 0 Å². The molecule has 17 heavy (non-hydrogen) atoms. The Kier molecular flexibility index (Phi) is 4.45. The zero-order valence-electron chi connectivity index (χ0n) is 11.3. The van der Waals surface area contributed by atoms with Gasteiger partial charge in [-0.3, -0.25) is 0 Å². The minimum atomic E-state index is -0.445. The van der Waals surface area contributed by atoms with Crippen LogP contribution >= 0.6 is 0 Å². The Morgan fingerprint density at radius 3 is 2.59 bits per heavy atom. The largest absolute Gasteiger partial charge is 0.389 e. The van der Waals surface area contributed by atoms with E-state index in [-0.39, 0.29) is 0 Å². The number of hydrogen-bond donors (Lipinski definition) is 1. The van der Waals surface area contributed by atoms with Crippen molar-refractivity contribution in [2.24, 2.45) is 5.92 Å². The summed E-state index contributed by atoms with van der Waals surface area (Å²) in [4.78, 5) is 2.26. The van der Waals surface area contributed by atoms with Crippen molar-refractivity contribution in [3.05, 3.63) is 0 Å². The summed E-state index contributed by atoms with van der Waals surface area (Å²) in [5.74, 6) is 0.791. The van der Waals surface area contributed by atoms with Crippen molar-refractivity contribution in [1.82, 2.24) is 4.90 Å². The minimum absolute atomic E-state index is 0.395. The number of nitrogens with zero attached hydrogens (tertiary/aromatic N) is 1. The summed E-state index contributed by atoms with van der Waals surface area (Å²) in [6, 6.07) is 0. The molecule has 1 unspecified atom stereocenters. The average Bonchev–Trinajstić information content (AvgIpc) is 2.75. The van der Waals surface area contributed by atoms with Crippen LogP contribution in [-0.2, 0) is 4.74 Å². The maximum Gasteiger partial charge on any atom is 0.0774 e. The maximum atomic E-state index is 10.6. The summed E-state index contributed by atoms with van der Waals surface area (Å²) >= 11 is 0. The summed E-state index contributed by atoms with van der Waals surface area (Å²) < 4.78 is 5.64. The van der Waals surface area contributed by atoms with E-state index in [0.29, 0.717) is 6.10 Å². The van der Waals surface area contributed by atoms with Crippen LogP contribution in [0.25, 0.3) is 0 Å². The highest BCUT2D eigenvalue weighted by atomic mass is 16.5. The van der Waals surface area contributed by atoms with Crippen LogP contribution in [0.4, 0.5) is 0 Å². The van der Waals surface area contributed by atoms with E-state index < -0.39 is 5.60 Å². The maximum absolute atomic E-state index is 10.6. The number of rotatable bonds is 4. The van der Waals surface area contributed by atoms with Crippen LogP contribution in [-0.4, -0.2) is 48.5 Å². The summed E-state index contributed by atoms with van der Waals surface area (Å²) in [6.45, 7) is 4.98. The molecule has 0 radical (unpaired) electrons. The van der Waals surface area contributed by atoms with E-state index in [0.717, 1.165) is 38.5 Å². The Balaban J connectivity index is 1.74. The number of hydrogen-bond acceptors (Lipinski definition) is 3. The van der Waals surface area contributed by atoms with Crippen LogP contribution in [0.2, 0.25) is 0 Å². The van der Waals surface area contributed by atoms with Crippen molar-refractivity contribution in [1.29, 1.82) is 0 Å². The van der Waals surface area contributed by atoms with Gasteiger partial charge < -0.3 is 14.7 Å². The van der Waals surface area contributed by atoms with Gasteiger partial charge in [-0.25, -0.2) is 0 Å². The molecular weight excluding hydrogens is 214 g/mol. The Hall–Kier alpha value is -0.120. The van der Waals surface area contributed by atoms with Gasteiger partial charge in [0.2, 0.25) is 0 Å². The lowest BCUT2D eigenvalue weighted by atomic mass is 9.79. The first-order chi connectivity index (χ1) is 8.07. The van der Waals surface area contributed by atoms with E-state index in [4.69, 9.17) is 4.74 Å². The lowest BCUT2D eigenvalue weighted by Gasteiger charge is -2.38. The fourth-order valence-electron chi connectivity index (χ4n) is 3.16. The molecule has 1 heterocycles. The smallest absolute Gasteiger partial charge is 0.0774 e. The molecule has 0 bridgehead atoms. The zero-order chi connectivity index (χ0) is 12.3. The van der Waals surface area contributed by atoms with Gasteiger partial charge in [0, 0.05) is 19.7 Å². The molecule has 0 aromatic heterocycles. The topological polar surface area (TPSA) is 32.7 Å². The monoisotopic (exact) mass is 241 g/mol. The van der Waals surface area contributed by atoms with Gasteiger partial charge in [0.25, 0.3) is 0 Å². The van der Waals surface area contributed by atoms with Gasteiger partial charge in [0.05, 0.1) is 11.7 Å². The number of ether oxygens (including phenoxy) is 1. The van der Waals surface area contributed by atoms with Gasteiger partial charge in [-0.1, -0.05) is 6.92 Å². The fraction of sp³-hybridized carbons (Fsp3) is 1.00. The fourth-order valence-corrected chi connectivity index (χ4v) is 3.16. The second-order valence-corrected chi connectivity index (χ2v) is 6.24. The number of aliphatic hydroxyl groups is 1. The number of likely N-dealkylation sites (N-methyl/N-ethyl adjacent to an activating group) is 1. The first-order valence-corrected chi connectivity index (χ1v) is 7.10. The van der Waals surface area contributed by atoms with Gasteiger partial charge in [0.1, 0.15) is 0 Å². The van der Waals surface area contributed by atoms with Gasteiger partial charge in [-0.15, -0.1) is 0 Å². The summed E-state index contributed by atoms with van der Waals surface area (Å²) in [6.07, 6.45) is 7.04. The van der Waals surface area contributed by atoms with Gasteiger partial charge in [0.15, 0.2) is 0 Å². The standard InChI is InChI=1S/C14H27NO2/c1-12-5-7-14(16,8-6-12)11-15(2)10-13-4-3-9-17-13/h12-13,16H,3-11H2,1-2H3. The average molecular weight is 241 g/mol. The molecule has 1 aliphatic heterocycles. The molecule has 3 nitrogen and oxygen atoms in total. The van der Waals surface area contributed by atoms with Crippen molar-refractivity contribution in [3.63, 3.8) is 0 Å². The third-order valence-corrected chi connectivity index (χ3v) is 4.31. The molecule has 1 saturated heterocycles. The molecule has 2 rings (SSSR count). The van der Waals surface area contributed by atoms with Gasteiger partial charge >= 0.3 is 0 Å². The first-order valence-electron chi connectivity index (χ1n) is 7.10. The molecule has 0 aromatic rings. The van der Waals surface area contributed by atoms with Crippen molar-refractivity contribution in [3.8, 4) is 0 Å². The molecule has 1 atom stereocenters. The highest BCUT2D eigenvalue weighted by molar-refractivity contribution is 4.87. The molecule has 2 fully saturated rings. The van der Waals surface area contributed by atoms with Crippen LogP contribution in [0.5, 0.6) is 0 Å². The lowest BCUT2D eigenvalue weighted by molar-refractivity contribution is -0.0378. The first kappa shape index (κ1) is 13.3. The Labute approximate surface area is 105 Å². The molecule has 0 aromatic carbocycles. The van der Waals surface area contributed by atoms with Crippen LogP contribution < -0.4 is 0 Å². The third-order valence-electron chi connectivity index (χ3n) is 4.31. The molecule has 100 valence electrons. The molecule has 0 amide bonds. The molecule has 1 aliphatic carbocycles. The second kappa shape index (κ2) is 5.68. The molecule has 3 heteroatoms. The second-order valence-electron chi connectivity index (χ2n) is 6.24. The van der Waals surface area contributed by atoms with Crippen molar-refractivity contribution < 1.29 is 9.84 Å². The van der Waals surface area contributed by atoms with Crippen LogP contribution in [0.15, 0.2) is 0 Å². The molecule has 1 saturated carbocycles. The van der Waals surface area contributed by atoms with E-state index in [2.05, 4.69) is 18.9 Å². The van der Waals surface area contributed by atoms with Crippen molar-refractivity contribution in [2.45, 2.75) is 57.2 Å². The quantitative estimate of drug-likeness (QED) is 0.817. The van der Waals surface area contributed by atoms with Crippen LogP contribution in [0.1, 0.15) is 45.4 Å². The molecule has 2 aliphatic rings. The van der Waals surface area contributed by atoms with Gasteiger partial charge in [-0.05, 0) is 51.5 Å². The zero-order valence-corrected chi connectivity index (χ0v) is 11.3. The predicted octanol–water partition coefficient (Wildman–Crippen LogP) is 2.04. The lowest BCUT2D eigenvalue weighted by Crippen LogP contribution is -2.45. The van der Waals surface area contributed by atoms with E-state index in [1.165, 1.54) is 25.7 Å². The van der Waals surface area contributed by atoms with E-state index in [1.807, 2.05) is 0 Å². The SMILES string of the molecule is CC1CCC(O)(CN(C)CC2CCCO2)CC1. The van der Waals surface area contributed by atoms with E-state index in [9.17, 15) is 5.11 Å². The van der Waals surface area contributed by atoms with Crippen molar-refractivity contribution in [2.75, 3.05) is 26.7 Å². The normalized spacial score (nSPS) is 38.8.